The Morgan fingerprint density at radius 2 is 2.15 bits per heavy atom. The number of carbonyl (C=O) groups is 1. The fourth-order valence-corrected chi connectivity index (χ4v) is 2.81. The monoisotopic (exact) mass is 362 g/mol. The van der Waals surface area contributed by atoms with Gasteiger partial charge in [-0.2, -0.15) is 4.98 Å². The molecule has 8 heteroatoms. The van der Waals surface area contributed by atoms with E-state index in [0.717, 1.165) is 5.56 Å². The summed E-state index contributed by atoms with van der Waals surface area (Å²) in [6.07, 6.45) is -0.732. The van der Waals surface area contributed by atoms with Gasteiger partial charge >= 0.3 is 6.09 Å². The number of halogens is 1. The zero-order chi connectivity index (χ0) is 18.7. The van der Waals surface area contributed by atoms with Gasteiger partial charge in [0.25, 0.3) is 0 Å². The number of hydrogen-bond donors (Lipinski definition) is 2. The van der Waals surface area contributed by atoms with E-state index >= 15 is 0 Å². The molecule has 1 atom stereocenters. The van der Waals surface area contributed by atoms with Gasteiger partial charge in [-0.3, -0.25) is 4.90 Å². The Hall–Kier alpha value is -2.87. The van der Waals surface area contributed by atoms with E-state index in [2.05, 4.69) is 4.98 Å². The van der Waals surface area contributed by atoms with E-state index in [1.165, 1.54) is 17.0 Å². The maximum atomic E-state index is 13.1. The summed E-state index contributed by atoms with van der Waals surface area (Å²) in [5, 5.41) is 18.5. The van der Waals surface area contributed by atoms with Gasteiger partial charge in [-0.15, -0.1) is 0 Å². The number of hydrogen-bond acceptors (Lipinski definition) is 5. The second-order valence-corrected chi connectivity index (χ2v) is 5.96. The van der Waals surface area contributed by atoms with Crippen LogP contribution < -0.4 is 14.4 Å². The maximum absolute atomic E-state index is 13.1. The summed E-state index contributed by atoms with van der Waals surface area (Å²) >= 11 is 0. The second-order valence-electron chi connectivity index (χ2n) is 5.96. The molecule has 0 saturated carbocycles. The van der Waals surface area contributed by atoms with Gasteiger partial charge in [-0.25, -0.2) is 9.18 Å². The highest BCUT2D eigenvalue weighted by Gasteiger charge is 2.32. The lowest BCUT2D eigenvalue weighted by Crippen LogP contribution is -2.44. The lowest BCUT2D eigenvalue weighted by atomic mass is 10.0. The van der Waals surface area contributed by atoms with Crippen molar-refractivity contribution in [2.24, 2.45) is 0 Å². The smallest absolute Gasteiger partial charge is 0.412 e. The molecule has 7 nitrogen and oxygen atoms in total. The number of anilines is 1. The van der Waals surface area contributed by atoms with Crippen molar-refractivity contribution in [3.05, 3.63) is 47.3 Å². The number of nitrogens with zero attached hydrogens (tertiary/aromatic N) is 2. The number of amides is 1. The Bertz CT molecular complexity index is 797. The van der Waals surface area contributed by atoms with Gasteiger partial charge in [0.2, 0.25) is 11.8 Å². The molecule has 0 bridgehead atoms. The third kappa shape index (κ3) is 3.70. The molecule has 3 rings (SSSR count). The molecule has 138 valence electrons. The molecule has 0 saturated heterocycles. The van der Waals surface area contributed by atoms with Crippen molar-refractivity contribution in [1.29, 1.82) is 0 Å². The van der Waals surface area contributed by atoms with Crippen LogP contribution in [0.4, 0.5) is 14.9 Å². The molecule has 0 fully saturated rings. The zero-order valence-corrected chi connectivity index (χ0v) is 14.2. The molecule has 1 unspecified atom stereocenters. The van der Waals surface area contributed by atoms with Gasteiger partial charge < -0.3 is 19.7 Å². The second kappa shape index (κ2) is 7.57. The number of rotatable bonds is 5. The van der Waals surface area contributed by atoms with Crippen molar-refractivity contribution in [1.82, 2.24) is 4.98 Å². The predicted octanol–water partition coefficient (Wildman–Crippen LogP) is 2.45. The molecular formula is C18H19FN2O5. The number of fused-ring (bicyclic) bond motifs is 1. The van der Waals surface area contributed by atoms with Crippen molar-refractivity contribution < 1.29 is 28.9 Å². The number of aliphatic hydroxyl groups excluding tert-OH is 1. The third-order valence-corrected chi connectivity index (χ3v) is 4.01. The predicted molar refractivity (Wildman–Crippen MR) is 91.5 cm³/mol. The summed E-state index contributed by atoms with van der Waals surface area (Å²) in [4.78, 5) is 17.1. The van der Waals surface area contributed by atoms with Gasteiger partial charge in [-0.05, 0) is 30.7 Å². The molecule has 1 aromatic heterocycles. The maximum Gasteiger partial charge on any atom is 0.412 e. The molecule has 0 spiro atoms. The van der Waals surface area contributed by atoms with Crippen molar-refractivity contribution in [2.75, 3.05) is 24.7 Å². The van der Waals surface area contributed by atoms with E-state index in [4.69, 9.17) is 14.6 Å². The lowest BCUT2D eigenvalue weighted by Gasteiger charge is -2.32. The largest absolute Gasteiger partial charge is 0.475 e. The Labute approximate surface area is 149 Å². The van der Waals surface area contributed by atoms with Gasteiger partial charge in [0.05, 0.1) is 12.6 Å². The molecule has 2 aromatic rings. The normalized spacial score (nSPS) is 16.0. The minimum Gasteiger partial charge on any atom is -0.475 e. The van der Waals surface area contributed by atoms with Crippen LogP contribution in [0.15, 0.2) is 30.3 Å². The highest BCUT2D eigenvalue weighted by atomic mass is 19.1. The minimum absolute atomic E-state index is 0.0429. The first kappa shape index (κ1) is 17.9. The minimum atomic E-state index is -1.10. The first-order valence-electron chi connectivity index (χ1n) is 8.16. The van der Waals surface area contributed by atoms with Crippen LogP contribution in [0.5, 0.6) is 11.8 Å². The van der Waals surface area contributed by atoms with Crippen LogP contribution >= 0.6 is 0 Å². The average Bonchev–Trinajstić information content (AvgIpc) is 2.61. The summed E-state index contributed by atoms with van der Waals surface area (Å²) in [5.74, 6) is 0.0802. The number of aromatic nitrogens is 1. The number of benzene rings is 1. The fourth-order valence-electron chi connectivity index (χ4n) is 2.81. The molecule has 1 amide bonds. The molecule has 2 heterocycles. The SMILES string of the molecule is CC1COc2nc(OCCO)c(Cc3ccc(F)cc3)cc2N1C(=O)O. The average molecular weight is 362 g/mol. The van der Waals surface area contributed by atoms with Crippen LogP contribution in [0.25, 0.3) is 0 Å². The van der Waals surface area contributed by atoms with E-state index in [9.17, 15) is 14.3 Å². The number of aliphatic hydroxyl groups is 1. The zero-order valence-electron chi connectivity index (χ0n) is 14.2. The summed E-state index contributed by atoms with van der Waals surface area (Å²) < 4.78 is 24.2. The van der Waals surface area contributed by atoms with E-state index in [1.807, 2.05) is 0 Å². The Balaban J connectivity index is 2.02. The molecule has 1 aromatic carbocycles. The fraction of sp³-hybridized carbons (Fsp3) is 0.333. The topological polar surface area (TPSA) is 92.1 Å². The van der Waals surface area contributed by atoms with Gasteiger partial charge in [0.1, 0.15) is 24.7 Å². The van der Waals surface area contributed by atoms with E-state index in [-0.39, 0.29) is 43.4 Å². The quantitative estimate of drug-likeness (QED) is 0.849. The lowest BCUT2D eigenvalue weighted by molar-refractivity contribution is 0.183. The van der Waals surface area contributed by atoms with Gasteiger partial charge in [0, 0.05) is 12.0 Å². The molecule has 26 heavy (non-hydrogen) atoms. The van der Waals surface area contributed by atoms with E-state index in [1.54, 1.807) is 25.1 Å². The third-order valence-electron chi connectivity index (χ3n) is 4.01. The molecule has 1 aliphatic rings. The van der Waals surface area contributed by atoms with Crippen LogP contribution in [0.3, 0.4) is 0 Å². The van der Waals surface area contributed by atoms with Crippen molar-refractivity contribution in [2.45, 2.75) is 19.4 Å². The Morgan fingerprint density at radius 3 is 2.81 bits per heavy atom. The van der Waals surface area contributed by atoms with Crippen LogP contribution in [0.2, 0.25) is 0 Å². The van der Waals surface area contributed by atoms with Gasteiger partial charge in [-0.1, -0.05) is 12.1 Å². The van der Waals surface area contributed by atoms with Crippen molar-refractivity contribution in [3.8, 4) is 11.8 Å². The number of carboxylic acid groups (broad SMARTS) is 1. The van der Waals surface area contributed by atoms with Crippen LogP contribution in [0, 0.1) is 5.82 Å². The molecule has 1 aliphatic heterocycles. The summed E-state index contributed by atoms with van der Waals surface area (Å²) in [5.41, 5.74) is 1.77. The number of pyridine rings is 1. The Morgan fingerprint density at radius 1 is 1.42 bits per heavy atom. The summed E-state index contributed by atoms with van der Waals surface area (Å²) in [7, 11) is 0. The highest BCUT2D eigenvalue weighted by Crippen LogP contribution is 2.37. The first-order chi connectivity index (χ1) is 12.5. The van der Waals surface area contributed by atoms with Crippen LogP contribution in [0.1, 0.15) is 18.1 Å². The first-order valence-corrected chi connectivity index (χ1v) is 8.16. The molecule has 0 aliphatic carbocycles. The highest BCUT2D eigenvalue weighted by molar-refractivity contribution is 5.89. The van der Waals surface area contributed by atoms with Crippen LogP contribution in [-0.2, 0) is 6.42 Å². The molecule has 0 radical (unpaired) electrons. The van der Waals surface area contributed by atoms with Crippen LogP contribution in [-0.4, -0.2) is 47.2 Å². The van der Waals surface area contributed by atoms with Gasteiger partial charge in [0.15, 0.2) is 0 Å². The summed E-state index contributed by atoms with van der Waals surface area (Å²) in [6, 6.07) is 7.28. The van der Waals surface area contributed by atoms with Crippen molar-refractivity contribution >= 4 is 11.8 Å². The summed E-state index contributed by atoms with van der Waals surface area (Å²) in [6.45, 7) is 1.78. The molecular weight excluding hydrogens is 343 g/mol. The number of ether oxygens (including phenoxy) is 2. The standard InChI is InChI=1S/C18H19FN2O5/c1-11-10-26-17-15(21(11)18(23)24)9-13(16(20-17)25-7-6-22)8-12-2-4-14(19)5-3-12/h2-5,9,11,22H,6-8,10H2,1H3,(H,23,24). The van der Waals surface area contributed by atoms with E-state index in [0.29, 0.717) is 17.7 Å². The van der Waals surface area contributed by atoms with Crippen molar-refractivity contribution in [3.63, 3.8) is 0 Å². The Kier molecular flexibility index (Phi) is 5.22. The molecule has 2 N–H and O–H groups in total. The van der Waals surface area contributed by atoms with E-state index < -0.39 is 6.09 Å².